The van der Waals surface area contributed by atoms with Gasteiger partial charge in [0.1, 0.15) is 11.5 Å². The molecule has 0 radical (unpaired) electrons. The molecule has 0 saturated carbocycles. The maximum absolute atomic E-state index is 5.90. The molecule has 2 aromatic carbocycles. The van der Waals surface area contributed by atoms with Crippen molar-refractivity contribution in [2.75, 3.05) is 30.3 Å². The molecular weight excluding hydrogens is 342 g/mol. The molecule has 4 nitrogen and oxygen atoms in total. The summed E-state index contributed by atoms with van der Waals surface area (Å²) in [7, 11) is 0. The third-order valence-electron chi connectivity index (χ3n) is 4.13. The molecule has 0 amide bonds. The molecule has 2 aliphatic rings. The summed E-state index contributed by atoms with van der Waals surface area (Å²) in [5.74, 6) is 3.76. The van der Waals surface area contributed by atoms with Crippen molar-refractivity contribution in [1.29, 1.82) is 0 Å². The van der Waals surface area contributed by atoms with Gasteiger partial charge in [0.25, 0.3) is 0 Å². The van der Waals surface area contributed by atoms with E-state index < -0.39 is 0 Å². The predicted octanol–water partition coefficient (Wildman–Crippen LogP) is 4.66. The third-order valence-corrected chi connectivity index (χ3v) is 5.04. The largest absolute Gasteiger partial charge is 0.457 e. The normalized spacial score (nSPS) is 17.3. The van der Waals surface area contributed by atoms with Crippen LogP contribution in [-0.4, -0.2) is 36.2 Å². The molecule has 0 N–H and O–H groups in total. The highest BCUT2D eigenvalue weighted by Crippen LogP contribution is 2.28. The van der Waals surface area contributed by atoms with Gasteiger partial charge in [0.15, 0.2) is 0 Å². The maximum Gasteiger partial charge on any atom is 0.212 e. The molecule has 2 heterocycles. The molecule has 6 heteroatoms. The van der Waals surface area contributed by atoms with Crippen LogP contribution in [0, 0.1) is 0 Å². The minimum Gasteiger partial charge on any atom is -0.457 e. The first kappa shape index (κ1) is 15.7. The fraction of sp³-hybridized carbons (Fsp3) is 0.278. The fourth-order valence-electron chi connectivity index (χ4n) is 2.94. The van der Waals surface area contributed by atoms with E-state index in [1.165, 1.54) is 0 Å². The van der Waals surface area contributed by atoms with Crippen LogP contribution in [0.4, 0.5) is 5.69 Å². The molecule has 4 rings (SSSR count). The van der Waals surface area contributed by atoms with E-state index in [9.17, 15) is 0 Å². The average molecular weight is 360 g/mol. The maximum atomic E-state index is 5.90. The number of nitrogens with zero attached hydrogens (tertiary/aromatic N) is 3. The van der Waals surface area contributed by atoms with E-state index in [0.29, 0.717) is 5.02 Å². The van der Waals surface area contributed by atoms with Gasteiger partial charge in [-0.3, -0.25) is 0 Å². The number of ether oxygens (including phenoxy) is 1. The first-order valence-corrected chi connectivity index (χ1v) is 9.37. The van der Waals surface area contributed by atoms with Gasteiger partial charge in [-0.2, -0.15) is 4.40 Å². The molecule has 0 spiro atoms. The molecule has 124 valence electrons. The molecule has 0 aromatic heterocycles. The van der Waals surface area contributed by atoms with Gasteiger partial charge in [-0.1, -0.05) is 11.6 Å². The first-order valence-electron chi connectivity index (χ1n) is 8.05. The number of halogens is 1. The van der Waals surface area contributed by atoms with Gasteiger partial charge in [0, 0.05) is 36.1 Å². The van der Waals surface area contributed by atoms with Gasteiger partial charge in [0.05, 0.1) is 0 Å². The van der Waals surface area contributed by atoms with Crippen LogP contribution in [0.5, 0.6) is 11.5 Å². The standard InChI is InChI=1S/C18H18ClN3OS/c19-14-2-6-16(7-3-14)23-17-8-4-15(5-9-17)22-11-1-10-21-12-13-24-20-18(21)22/h2-9H,1,10-13H2. The smallest absolute Gasteiger partial charge is 0.212 e. The van der Waals surface area contributed by atoms with Gasteiger partial charge < -0.3 is 14.5 Å². The summed E-state index contributed by atoms with van der Waals surface area (Å²) in [6.07, 6.45) is 1.16. The summed E-state index contributed by atoms with van der Waals surface area (Å²) < 4.78 is 10.5. The highest BCUT2D eigenvalue weighted by atomic mass is 35.5. The summed E-state index contributed by atoms with van der Waals surface area (Å²) in [4.78, 5) is 4.67. The monoisotopic (exact) mass is 359 g/mol. The summed E-state index contributed by atoms with van der Waals surface area (Å²) in [6, 6.07) is 15.6. The Hall–Kier alpha value is -1.85. The second-order valence-corrected chi connectivity index (χ2v) is 7.05. The zero-order valence-corrected chi connectivity index (χ0v) is 14.8. The molecule has 1 saturated heterocycles. The van der Waals surface area contributed by atoms with E-state index in [-0.39, 0.29) is 0 Å². The van der Waals surface area contributed by atoms with E-state index in [2.05, 4.69) is 26.3 Å². The number of hydrogen-bond donors (Lipinski definition) is 0. The zero-order chi connectivity index (χ0) is 16.4. The van der Waals surface area contributed by atoms with Gasteiger partial charge in [-0.05, 0) is 66.9 Å². The fourth-order valence-corrected chi connectivity index (χ4v) is 3.79. The van der Waals surface area contributed by atoms with E-state index in [0.717, 1.165) is 55.0 Å². The molecule has 0 unspecified atom stereocenters. The van der Waals surface area contributed by atoms with Crippen LogP contribution in [0.15, 0.2) is 52.9 Å². The first-order chi connectivity index (χ1) is 11.8. The molecule has 24 heavy (non-hydrogen) atoms. The SMILES string of the molecule is Clc1ccc(Oc2ccc(N3CCCN4CCSN=C43)cc2)cc1. The Kier molecular flexibility index (Phi) is 4.54. The lowest BCUT2D eigenvalue weighted by Gasteiger charge is -2.40. The number of benzene rings is 2. The van der Waals surface area contributed by atoms with Crippen LogP contribution in [0.25, 0.3) is 0 Å². The molecule has 0 bridgehead atoms. The van der Waals surface area contributed by atoms with Crippen molar-refractivity contribution in [2.24, 2.45) is 4.40 Å². The van der Waals surface area contributed by atoms with Gasteiger partial charge in [-0.15, -0.1) is 0 Å². The number of fused-ring (bicyclic) bond motifs is 1. The van der Waals surface area contributed by atoms with Crippen molar-refractivity contribution in [1.82, 2.24) is 4.90 Å². The van der Waals surface area contributed by atoms with E-state index in [4.69, 9.17) is 16.3 Å². The Labute approximate surface area is 151 Å². The van der Waals surface area contributed by atoms with Gasteiger partial charge in [-0.25, -0.2) is 0 Å². The molecule has 2 aliphatic heterocycles. The minimum absolute atomic E-state index is 0.707. The van der Waals surface area contributed by atoms with Crippen molar-refractivity contribution in [3.8, 4) is 11.5 Å². The van der Waals surface area contributed by atoms with Crippen LogP contribution >= 0.6 is 23.5 Å². The van der Waals surface area contributed by atoms with E-state index in [1.807, 2.05) is 36.4 Å². The van der Waals surface area contributed by atoms with Crippen LogP contribution in [0.2, 0.25) is 5.02 Å². The van der Waals surface area contributed by atoms with Crippen molar-refractivity contribution in [3.63, 3.8) is 0 Å². The van der Waals surface area contributed by atoms with E-state index in [1.54, 1.807) is 11.9 Å². The molecular formula is C18H18ClN3OS. The van der Waals surface area contributed by atoms with Crippen molar-refractivity contribution in [2.45, 2.75) is 6.42 Å². The zero-order valence-electron chi connectivity index (χ0n) is 13.2. The Morgan fingerprint density at radius 3 is 2.38 bits per heavy atom. The van der Waals surface area contributed by atoms with Crippen LogP contribution in [0.1, 0.15) is 6.42 Å². The molecule has 0 aliphatic carbocycles. The van der Waals surface area contributed by atoms with E-state index >= 15 is 0 Å². The quantitative estimate of drug-likeness (QED) is 0.745. The Morgan fingerprint density at radius 1 is 0.917 bits per heavy atom. The summed E-state index contributed by atoms with van der Waals surface area (Å²) in [5.41, 5.74) is 1.16. The lowest BCUT2D eigenvalue weighted by molar-refractivity contribution is 0.400. The topological polar surface area (TPSA) is 28.1 Å². The van der Waals surface area contributed by atoms with Crippen molar-refractivity contribution in [3.05, 3.63) is 53.6 Å². The van der Waals surface area contributed by atoms with Gasteiger partial charge in [0.2, 0.25) is 5.96 Å². The van der Waals surface area contributed by atoms with Crippen LogP contribution < -0.4 is 9.64 Å². The lowest BCUT2D eigenvalue weighted by Crippen LogP contribution is -2.52. The summed E-state index contributed by atoms with van der Waals surface area (Å²) in [5, 5.41) is 0.707. The molecule has 0 atom stereocenters. The molecule has 1 fully saturated rings. The summed E-state index contributed by atoms with van der Waals surface area (Å²) in [6.45, 7) is 3.19. The Balaban J connectivity index is 1.51. The number of rotatable bonds is 3. The highest BCUT2D eigenvalue weighted by Gasteiger charge is 2.26. The van der Waals surface area contributed by atoms with Gasteiger partial charge >= 0.3 is 0 Å². The number of hydrogen-bond acceptors (Lipinski definition) is 5. The predicted molar refractivity (Wildman–Crippen MR) is 101 cm³/mol. The number of anilines is 1. The van der Waals surface area contributed by atoms with Crippen LogP contribution in [0.3, 0.4) is 0 Å². The second-order valence-electron chi connectivity index (χ2n) is 5.77. The molecule has 2 aromatic rings. The minimum atomic E-state index is 0.707. The number of guanidine groups is 1. The van der Waals surface area contributed by atoms with Crippen molar-refractivity contribution < 1.29 is 4.74 Å². The van der Waals surface area contributed by atoms with Crippen molar-refractivity contribution >= 4 is 35.2 Å². The Morgan fingerprint density at radius 2 is 1.62 bits per heavy atom. The Bertz CT molecular complexity index is 733. The van der Waals surface area contributed by atoms with Crippen LogP contribution in [-0.2, 0) is 0 Å². The second kappa shape index (κ2) is 6.95. The summed E-state index contributed by atoms with van der Waals surface area (Å²) >= 11 is 7.55. The third kappa shape index (κ3) is 3.32. The average Bonchev–Trinajstić information content (AvgIpc) is 2.64. The highest BCUT2D eigenvalue weighted by molar-refractivity contribution is 7.98. The lowest BCUT2D eigenvalue weighted by atomic mass is 10.2.